The van der Waals surface area contributed by atoms with Crippen molar-refractivity contribution in [3.8, 4) is 6.07 Å². The molecule has 0 radical (unpaired) electrons. The fraction of sp³-hybridized carbons (Fsp3) is 0.364. The van der Waals surface area contributed by atoms with Crippen molar-refractivity contribution < 1.29 is 13.3 Å². The summed E-state index contributed by atoms with van der Waals surface area (Å²) in [5.41, 5.74) is 1.91. The summed E-state index contributed by atoms with van der Waals surface area (Å²) in [6.07, 6.45) is -0.0294. The molecule has 0 saturated heterocycles. The van der Waals surface area contributed by atoms with E-state index in [1.54, 1.807) is 0 Å². The number of rotatable bonds is 6. The molecule has 0 heterocycles. The van der Waals surface area contributed by atoms with E-state index in [1.165, 1.54) is 20.0 Å². The van der Waals surface area contributed by atoms with Crippen molar-refractivity contribution in [2.45, 2.75) is 24.3 Å². The Kier molecular flexibility index (Phi) is 5.20. The number of sulfonamides is 1. The molecular weight excluding hydrogens is 298 g/mol. The molecule has 10 heteroatoms. The van der Waals surface area contributed by atoms with Gasteiger partial charge in [-0.3, -0.25) is 16.0 Å². The first-order valence-electron chi connectivity index (χ1n) is 5.85. The van der Waals surface area contributed by atoms with E-state index < -0.39 is 31.6 Å². The van der Waals surface area contributed by atoms with Crippen LogP contribution in [0, 0.1) is 21.4 Å². The summed E-state index contributed by atoms with van der Waals surface area (Å²) in [5.74, 6) is 5.20. The highest BCUT2D eigenvalue weighted by molar-refractivity contribution is 7.89. The number of nitrogens with two attached hydrogens (primary N) is 1. The van der Waals surface area contributed by atoms with Gasteiger partial charge in [0, 0.05) is 19.2 Å². The molecule has 0 aliphatic rings. The Hall–Kier alpha value is -2.22. The van der Waals surface area contributed by atoms with Crippen LogP contribution in [0.15, 0.2) is 23.1 Å². The number of anilines is 1. The molecule has 1 rings (SSSR count). The van der Waals surface area contributed by atoms with Gasteiger partial charge in [-0.15, -0.1) is 0 Å². The second kappa shape index (κ2) is 6.49. The molecule has 0 amide bonds. The molecule has 1 unspecified atom stereocenters. The third kappa shape index (κ3) is 3.46. The summed E-state index contributed by atoms with van der Waals surface area (Å²) in [7, 11) is -2.86. The molecule has 1 atom stereocenters. The maximum atomic E-state index is 12.5. The van der Waals surface area contributed by atoms with Crippen molar-refractivity contribution in [2.24, 2.45) is 5.84 Å². The molecule has 0 spiro atoms. The van der Waals surface area contributed by atoms with E-state index >= 15 is 0 Å². The van der Waals surface area contributed by atoms with Gasteiger partial charge in [-0.2, -0.15) is 9.57 Å². The normalized spacial score (nSPS) is 12.7. The lowest BCUT2D eigenvalue weighted by atomic mass is 10.3. The molecule has 114 valence electrons. The van der Waals surface area contributed by atoms with Gasteiger partial charge in [0.25, 0.3) is 5.69 Å². The van der Waals surface area contributed by atoms with Gasteiger partial charge in [0.05, 0.1) is 23.1 Å². The minimum Gasteiger partial charge on any atom is -0.324 e. The Bertz CT molecular complexity index is 682. The summed E-state index contributed by atoms with van der Waals surface area (Å²) >= 11 is 0. The predicted octanol–water partition coefficient (Wildman–Crippen LogP) is 0.803. The van der Waals surface area contributed by atoms with Gasteiger partial charge in [-0.25, -0.2) is 8.42 Å². The number of hydrogen-bond donors (Lipinski definition) is 2. The average molecular weight is 313 g/mol. The number of nitro groups is 1. The highest BCUT2D eigenvalue weighted by Crippen LogP contribution is 2.29. The zero-order valence-corrected chi connectivity index (χ0v) is 12.3. The summed E-state index contributed by atoms with van der Waals surface area (Å²) in [5, 5.41) is 19.6. The fourth-order valence-corrected chi connectivity index (χ4v) is 3.16. The van der Waals surface area contributed by atoms with Crippen LogP contribution in [0.1, 0.15) is 13.3 Å². The number of hydrogen-bond acceptors (Lipinski definition) is 7. The van der Waals surface area contributed by atoms with E-state index in [0.717, 1.165) is 16.4 Å². The molecule has 1 aromatic rings. The van der Waals surface area contributed by atoms with Gasteiger partial charge < -0.3 is 5.43 Å². The SMILES string of the molecule is CC(CC#N)N(C)S(=O)(=O)c1cc(NN)ccc1[N+](=O)[O-]. The smallest absolute Gasteiger partial charge is 0.289 e. The van der Waals surface area contributed by atoms with E-state index in [2.05, 4.69) is 5.43 Å². The summed E-state index contributed by atoms with van der Waals surface area (Å²) in [6.45, 7) is 1.54. The molecule has 0 bridgehead atoms. The Morgan fingerprint density at radius 2 is 2.19 bits per heavy atom. The third-order valence-corrected chi connectivity index (χ3v) is 4.99. The van der Waals surface area contributed by atoms with Gasteiger partial charge >= 0.3 is 0 Å². The molecule has 0 fully saturated rings. The zero-order valence-electron chi connectivity index (χ0n) is 11.5. The molecule has 21 heavy (non-hydrogen) atoms. The van der Waals surface area contributed by atoms with Gasteiger partial charge in [0.1, 0.15) is 0 Å². The quantitative estimate of drug-likeness (QED) is 0.449. The summed E-state index contributed by atoms with van der Waals surface area (Å²) < 4.78 is 25.9. The number of nitrogens with one attached hydrogen (secondary N) is 1. The largest absolute Gasteiger partial charge is 0.324 e. The molecule has 0 aromatic heterocycles. The zero-order chi connectivity index (χ0) is 16.2. The fourth-order valence-electron chi connectivity index (χ4n) is 1.61. The van der Waals surface area contributed by atoms with E-state index in [0.29, 0.717) is 0 Å². The van der Waals surface area contributed by atoms with Crippen LogP contribution in [-0.2, 0) is 10.0 Å². The maximum Gasteiger partial charge on any atom is 0.289 e. The first-order valence-corrected chi connectivity index (χ1v) is 7.29. The molecule has 1 aromatic carbocycles. The van der Waals surface area contributed by atoms with Crippen LogP contribution in [0.3, 0.4) is 0 Å². The molecule has 0 aliphatic heterocycles. The van der Waals surface area contributed by atoms with Crippen LogP contribution in [0.25, 0.3) is 0 Å². The highest BCUT2D eigenvalue weighted by atomic mass is 32.2. The van der Waals surface area contributed by atoms with E-state index in [9.17, 15) is 18.5 Å². The Balaban J connectivity index is 3.42. The Morgan fingerprint density at radius 3 is 2.67 bits per heavy atom. The van der Waals surface area contributed by atoms with Crippen molar-refractivity contribution >= 4 is 21.4 Å². The Morgan fingerprint density at radius 1 is 1.57 bits per heavy atom. The number of benzene rings is 1. The van der Waals surface area contributed by atoms with Crippen LogP contribution in [-0.4, -0.2) is 30.7 Å². The first kappa shape index (κ1) is 16.8. The minimum absolute atomic E-state index is 0.0294. The van der Waals surface area contributed by atoms with Gasteiger partial charge in [0.15, 0.2) is 4.90 Å². The third-order valence-electron chi connectivity index (χ3n) is 2.99. The standard InChI is InChI=1S/C11H15N5O4S/c1-8(5-6-12)15(2)21(19,20)11-7-9(14-13)3-4-10(11)16(17)18/h3-4,7-8,14H,5,13H2,1-2H3. The van der Waals surface area contributed by atoms with E-state index in [1.807, 2.05) is 6.07 Å². The van der Waals surface area contributed by atoms with Crippen LogP contribution < -0.4 is 11.3 Å². The highest BCUT2D eigenvalue weighted by Gasteiger charge is 2.32. The molecule has 0 saturated carbocycles. The minimum atomic E-state index is -4.12. The van der Waals surface area contributed by atoms with Crippen LogP contribution in [0.4, 0.5) is 11.4 Å². The number of nitro benzene ring substituents is 1. The van der Waals surface area contributed by atoms with E-state index in [4.69, 9.17) is 11.1 Å². The predicted molar refractivity (Wildman–Crippen MR) is 75.5 cm³/mol. The Labute approximate surface area is 122 Å². The van der Waals surface area contributed by atoms with Crippen molar-refractivity contribution in [3.63, 3.8) is 0 Å². The van der Waals surface area contributed by atoms with Crippen LogP contribution in [0.5, 0.6) is 0 Å². The topological polar surface area (TPSA) is 142 Å². The second-order valence-electron chi connectivity index (χ2n) is 4.32. The van der Waals surface area contributed by atoms with E-state index in [-0.39, 0.29) is 12.1 Å². The molecular formula is C11H15N5O4S. The van der Waals surface area contributed by atoms with Crippen molar-refractivity contribution in [1.29, 1.82) is 5.26 Å². The number of nitrogens with zero attached hydrogens (tertiary/aromatic N) is 3. The van der Waals surface area contributed by atoms with Crippen molar-refractivity contribution in [1.82, 2.24) is 4.31 Å². The second-order valence-corrected chi connectivity index (χ2v) is 6.28. The van der Waals surface area contributed by atoms with Gasteiger partial charge in [-0.05, 0) is 19.1 Å². The first-order chi connectivity index (χ1) is 9.75. The van der Waals surface area contributed by atoms with Gasteiger partial charge in [0.2, 0.25) is 10.0 Å². The lowest BCUT2D eigenvalue weighted by molar-refractivity contribution is -0.387. The van der Waals surface area contributed by atoms with Crippen LogP contribution >= 0.6 is 0 Å². The molecule has 9 nitrogen and oxygen atoms in total. The number of nitrogen functional groups attached to an aromatic ring is 1. The van der Waals surface area contributed by atoms with Gasteiger partial charge in [-0.1, -0.05) is 0 Å². The lowest BCUT2D eigenvalue weighted by Gasteiger charge is -2.22. The molecule has 3 N–H and O–H groups in total. The van der Waals surface area contributed by atoms with Crippen molar-refractivity contribution in [3.05, 3.63) is 28.3 Å². The monoisotopic (exact) mass is 313 g/mol. The number of nitriles is 1. The maximum absolute atomic E-state index is 12.5. The summed E-state index contributed by atoms with van der Waals surface area (Å²) in [4.78, 5) is 9.75. The lowest BCUT2D eigenvalue weighted by Crippen LogP contribution is -2.35. The average Bonchev–Trinajstić information content (AvgIpc) is 2.45. The van der Waals surface area contributed by atoms with Crippen molar-refractivity contribution in [2.75, 3.05) is 12.5 Å². The van der Waals surface area contributed by atoms with Crippen LogP contribution in [0.2, 0.25) is 0 Å². The summed E-state index contributed by atoms with van der Waals surface area (Å²) in [6, 6.07) is 4.69. The number of hydrazine groups is 1. The molecule has 0 aliphatic carbocycles.